The molecule has 1 N–H and O–H groups in total. The molecule has 3 aromatic carbocycles. The standard InChI is InChI=1S/C28H21FN6O2/c29-17-5-3-6-18(15-17)32-21-16-22(34-11-13-35(14-12-34)28-30-9-4-10-31-28)25-24-23(21)26(36)19-7-1-2-8-20(19)27(24)37-33-25/h1-10,15-16,32H,11-14H2. The number of aromatic nitrogens is 3. The minimum absolute atomic E-state index is 0.118. The molecule has 2 aromatic heterocycles. The maximum Gasteiger partial charge on any atom is 0.225 e. The van der Waals surface area contributed by atoms with Gasteiger partial charge in [-0.1, -0.05) is 35.5 Å². The third kappa shape index (κ3) is 3.50. The highest BCUT2D eigenvalue weighted by Crippen LogP contribution is 2.46. The van der Waals surface area contributed by atoms with Gasteiger partial charge in [0.05, 0.1) is 22.3 Å². The van der Waals surface area contributed by atoms with Crippen LogP contribution < -0.4 is 15.1 Å². The molecule has 1 fully saturated rings. The Bertz CT molecular complexity index is 1660. The van der Waals surface area contributed by atoms with Gasteiger partial charge in [-0.2, -0.15) is 0 Å². The van der Waals surface area contributed by atoms with Crippen LogP contribution in [-0.4, -0.2) is 47.1 Å². The Morgan fingerprint density at radius 2 is 1.62 bits per heavy atom. The van der Waals surface area contributed by atoms with Crippen LogP contribution in [-0.2, 0) is 0 Å². The van der Waals surface area contributed by atoms with Gasteiger partial charge in [0.25, 0.3) is 0 Å². The van der Waals surface area contributed by atoms with Crippen LogP contribution in [0.25, 0.3) is 22.2 Å². The van der Waals surface area contributed by atoms with Gasteiger partial charge in [-0.25, -0.2) is 14.4 Å². The topological polar surface area (TPSA) is 87.4 Å². The van der Waals surface area contributed by atoms with Gasteiger partial charge < -0.3 is 19.6 Å². The SMILES string of the molecule is O=C1c2ccccc2-c2onc3c(N4CCN(c5ncccn5)CC4)cc(Nc4cccc(F)c4)c1c23. The monoisotopic (exact) mass is 492 g/mol. The highest BCUT2D eigenvalue weighted by Gasteiger charge is 2.34. The van der Waals surface area contributed by atoms with Crippen LogP contribution >= 0.6 is 0 Å². The third-order valence-electron chi connectivity index (χ3n) is 6.94. The molecule has 7 rings (SSSR count). The molecule has 0 radical (unpaired) electrons. The molecule has 0 bridgehead atoms. The Morgan fingerprint density at radius 3 is 2.41 bits per heavy atom. The van der Waals surface area contributed by atoms with Gasteiger partial charge in [0, 0.05) is 55.4 Å². The Morgan fingerprint density at radius 1 is 0.865 bits per heavy atom. The summed E-state index contributed by atoms with van der Waals surface area (Å²) in [5.74, 6) is 0.798. The second kappa shape index (κ2) is 8.41. The molecule has 0 amide bonds. The lowest BCUT2D eigenvalue weighted by atomic mass is 9.86. The average molecular weight is 493 g/mol. The van der Waals surface area contributed by atoms with Crippen molar-refractivity contribution in [2.75, 3.05) is 41.3 Å². The fraction of sp³-hybridized carbons (Fsp3) is 0.143. The van der Waals surface area contributed by atoms with E-state index in [4.69, 9.17) is 4.52 Å². The molecule has 0 unspecified atom stereocenters. The molecule has 1 aliphatic carbocycles. The number of nitrogens with one attached hydrogen (secondary N) is 1. The Balaban J connectivity index is 1.35. The van der Waals surface area contributed by atoms with E-state index < -0.39 is 0 Å². The lowest BCUT2D eigenvalue weighted by Crippen LogP contribution is -2.47. The Labute approximate surface area is 211 Å². The van der Waals surface area contributed by atoms with E-state index >= 15 is 0 Å². The van der Waals surface area contributed by atoms with E-state index in [1.54, 1.807) is 36.7 Å². The van der Waals surface area contributed by atoms with Crippen molar-refractivity contribution >= 4 is 39.7 Å². The molecule has 1 aliphatic heterocycles. The number of benzene rings is 3. The molecule has 8 nitrogen and oxygen atoms in total. The first-order valence-electron chi connectivity index (χ1n) is 12.1. The summed E-state index contributed by atoms with van der Waals surface area (Å²) in [5.41, 5.74) is 4.40. The van der Waals surface area contributed by atoms with Crippen LogP contribution in [0.3, 0.4) is 0 Å². The summed E-state index contributed by atoms with van der Waals surface area (Å²) in [6, 6.07) is 17.3. The van der Waals surface area contributed by atoms with Gasteiger partial charge >= 0.3 is 0 Å². The summed E-state index contributed by atoms with van der Waals surface area (Å²) >= 11 is 0. The van der Waals surface area contributed by atoms with Crippen LogP contribution in [0.2, 0.25) is 0 Å². The van der Waals surface area contributed by atoms with Crippen molar-refractivity contribution in [2.45, 2.75) is 0 Å². The van der Waals surface area contributed by atoms with E-state index in [0.717, 1.165) is 24.3 Å². The zero-order chi connectivity index (χ0) is 24.9. The number of hydrogen-bond donors (Lipinski definition) is 1. The first kappa shape index (κ1) is 21.5. The smallest absolute Gasteiger partial charge is 0.225 e. The maximum absolute atomic E-state index is 14.0. The number of anilines is 4. The molecule has 2 aliphatic rings. The number of carbonyl (C=O) groups excluding carboxylic acids is 1. The van der Waals surface area contributed by atoms with E-state index in [2.05, 4.69) is 30.2 Å². The molecule has 0 saturated carbocycles. The number of hydrogen-bond acceptors (Lipinski definition) is 8. The molecule has 37 heavy (non-hydrogen) atoms. The number of carbonyl (C=O) groups is 1. The molecule has 5 aromatic rings. The minimum atomic E-state index is -0.360. The van der Waals surface area contributed by atoms with Gasteiger partial charge in [0.1, 0.15) is 11.3 Å². The maximum atomic E-state index is 14.0. The van der Waals surface area contributed by atoms with Gasteiger partial charge in [0.2, 0.25) is 5.95 Å². The van der Waals surface area contributed by atoms with Gasteiger partial charge in [-0.05, 0) is 30.3 Å². The normalized spacial score (nSPS) is 14.7. The van der Waals surface area contributed by atoms with E-state index in [9.17, 15) is 9.18 Å². The molecule has 182 valence electrons. The second-order valence-corrected chi connectivity index (χ2v) is 9.09. The lowest BCUT2D eigenvalue weighted by molar-refractivity contribution is 0.104. The number of nitrogens with zero attached hydrogens (tertiary/aromatic N) is 5. The molecule has 0 atom stereocenters. The van der Waals surface area contributed by atoms with Crippen molar-refractivity contribution < 1.29 is 13.7 Å². The van der Waals surface area contributed by atoms with Crippen LogP contribution in [0.15, 0.2) is 77.6 Å². The summed E-state index contributed by atoms with van der Waals surface area (Å²) in [6.07, 6.45) is 3.48. The highest BCUT2D eigenvalue weighted by atomic mass is 19.1. The Hall–Kier alpha value is -4.79. The lowest BCUT2D eigenvalue weighted by Gasteiger charge is -2.36. The molecular weight excluding hydrogens is 471 g/mol. The summed E-state index contributed by atoms with van der Waals surface area (Å²) in [4.78, 5) is 26.9. The largest absolute Gasteiger partial charge is 0.366 e. The number of ketones is 1. The van der Waals surface area contributed by atoms with E-state index in [-0.39, 0.29) is 11.6 Å². The van der Waals surface area contributed by atoms with Crippen LogP contribution in [0.4, 0.5) is 27.4 Å². The van der Waals surface area contributed by atoms with Crippen LogP contribution in [0.1, 0.15) is 15.9 Å². The van der Waals surface area contributed by atoms with Crippen molar-refractivity contribution in [3.63, 3.8) is 0 Å². The second-order valence-electron chi connectivity index (χ2n) is 9.09. The quantitative estimate of drug-likeness (QED) is 0.366. The van der Waals surface area contributed by atoms with Gasteiger partial charge in [-0.15, -0.1) is 0 Å². The van der Waals surface area contributed by atoms with E-state index in [1.807, 2.05) is 24.3 Å². The number of piperazine rings is 1. The predicted molar refractivity (Wildman–Crippen MR) is 139 cm³/mol. The van der Waals surface area contributed by atoms with Crippen LogP contribution in [0.5, 0.6) is 0 Å². The first-order chi connectivity index (χ1) is 18.2. The van der Waals surface area contributed by atoms with Crippen LogP contribution in [0, 0.1) is 5.82 Å². The fourth-order valence-electron chi connectivity index (χ4n) is 5.21. The van der Waals surface area contributed by atoms with Gasteiger partial charge in [-0.3, -0.25) is 4.79 Å². The summed E-state index contributed by atoms with van der Waals surface area (Å²) < 4.78 is 19.9. The number of halogens is 1. The fourth-order valence-corrected chi connectivity index (χ4v) is 5.21. The third-order valence-corrected chi connectivity index (χ3v) is 6.94. The number of fused-ring (bicyclic) bond motifs is 2. The Kier molecular flexibility index (Phi) is 4.88. The average Bonchev–Trinajstić information content (AvgIpc) is 3.38. The van der Waals surface area contributed by atoms with Gasteiger partial charge in [0.15, 0.2) is 11.5 Å². The van der Waals surface area contributed by atoms with Crippen molar-refractivity contribution in [1.82, 2.24) is 15.1 Å². The molecular formula is C28H21FN6O2. The molecule has 9 heteroatoms. The summed E-state index contributed by atoms with van der Waals surface area (Å²) in [7, 11) is 0. The molecule has 0 spiro atoms. The minimum Gasteiger partial charge on any atom is -0.366 e. The zero-order valence-electron chi connectivity index (χ0n) is 19.7. The first-order valence-corrected chi connectivity index (χ1v) is 12.1. The van der Waals surface area contributed by atoms with E-state index in [0.29, 0.717) is 58.2 Å². The van der Waals surface area contributed by atoms with Crippen molar-refractivity contribution in [3.05, 3.63) is 90.0 Å². The predicted octanol–water partition coefficient (Wildman–Crippen LogP) is 5.04. The summed E-state index contributed by atoms with van der Waals surface area (Å²) in [6.45, 7) is 2.87. The molecule has 1 saturated heterocycles. The number of rotatable bonds is 4. The molecule has 3 heterocycles. The highest BCUT2D eigenvalue weighted by molar-refractivity contribution is 6.28. The zero-order valence-corrected chi connectivity index (χ0v) is 19.7. The van der Waals surface area contributed by atoms with Crippen molar-refractivity contribution in [2.24, 2.45) is 0 Å². The summed E-state index contributed by atoms with van der Waals surface area (Å²) in [5, 5.41) is 8.41. The van der Waals surface area contributed by atoms with E-state index in [1.165, 1.54) is 12.1 Å². The van der Waals surface area contributed by atoms with Crippen molar-refractivity contribution in [3.8, 4) is 11.3 Å². The van der Waals surface area contributed by atoms with Crippen molar-refractivity contribution in [1.29, 1.82) is 0 Å².